The van der Waals surface area contributed by atoms with E-state index in [-0.39, 0.29) is 11.2 Å². The molecule has 0 heterocycles. The molecule has 0 rings (SSSR count). The molecule has 0 aromatic carbocycles. The highest BCUT2D eigenvalue weighted by Crippen LogP contribution is 2.20. The lowest BCUT2D eigenvalue weighted by atomic mass is 9.99. The Morgan fingerprint density at radius 3 is 2.00 bits per heavy atom. The van der Waals surface area contributed by atoms with E-state index in [2.05, 4.69) is 27.7 Å². The van der Waals surface area contributed by atoms with E-state index in [9.17, 15) is 0 Å². The maximum Gasteiger partial charge on any atom is 0.0885 e. The summed E-state index contributed by atoms with van der Waals surface area (Å²) in [6, 6.07) is 0. The first-order valence-corrected chi connectivity index (χ1v) is 5.41. The van der Waals surface area contributed by atoms with Gasteiger partial charge in [0.05, 0.1) is 17.8 Å². The van der Waals surface area contributed by atoms with Gasteiger partial charge in [0.25, 0.3) is 0 Å². The van der Waals surface area contributed by atoms with Crippen molar-refractivity contribution in [3.8, 4) is 0 Å². The van der Waals surface area contributed by atoms with Crippen LogP contribution < -0.4 is 5.90 Å². The first kappa shape index (κ1) is 13.9. The van der Waals surface area contributed by atoms with Gasteiger partial charge in [-0.3, -0.25) is 4.84 Å². The van der Waals surface area contributed by atoms with Crippen LogP contribution in [0.5, 0.6) is 0 Å². The van der Waals surface area contributed by atoms with Crippen molar-refractivity contribution < 1.29 is 9.57 Å². The SMILES string of the molecule is CCC(C)(C)OCCC(C)(CC)ON. The lowest BCUT2D eigenvalue weighted by Gasteiger charge is -2.29. The van der Waals surface area contributed by atoms with Crippen LogP contribution in [0.1, 0.15) is 53.9 Å². The van der Waals surface area contributed by atoms with Crippen molar-refractivity contribution in [2.75, 3.05) is 6.61 Å². The van der Waals surface area contributed by atoms with Gasteiger partial charge in [0.2, 0.25) is 0 Å². The van der Waals surface area contributed by atoms with E-state index in [1.807, 2.05) is 6.92 Å². The van der Waals surface area contributed by atoms with Gasteiger partial charge in [0.15, 0.2) is 0 Å². The maximum atomic E-state index is 5.74. The average molecular weight is 203 g/mol. The van der Waals surface area contributed by atoms with Gasteiger partial charge in [0.1, 0.15) is 0 Å². The average Bonchev–Trinajstić information content (AvgIpc) is 2.17. The van der Waals surface area contributed by atoms with Crippen molar-refractivity contribution in [2.45, 2.75) is 65.1 Å². The van der Waals surface area contributed by atoms with Gasteiger partial charge >= 0.3 is 0 Å². The molecule has 0 amide bonds. The molecule has 0 fully saturated rings. The minimum absolute atomic E-state index is 0.0384. The Bertz CT molecular complexity index is 153. The Morgan fingerprint density at radius 1 is 1.07 bits per heavy atom. The summed E-state index contributed by atoms with van der Waals surface area (Å²) in [6.07, 6.45) is 2.75. The minimum atomic E-state index is -0.246. The Kier molecular flexibility index (Phi) is 5.64. The summed E-state index contributed by atoms with van der Waals surface area (Å²) in [5, 5.41) is 0. The number of ether oxygens (including phenoxy) is 1. The molecule has 0 radical (unpaired) electrons. The molecule has 0 aliphatic heterocycles. The fraction of sp³-hybridized carbons (Fsp3) is 1.00. The molecular weight excluding hydrogens is 178 g/mol. The lowest BCUT2D eigenvalue weighted by Crippen LogP contribution is -2.34. The standard InChI is InChI=1S/C11H25NO2/c1-6-10(3,4)13-9-8-11(5,7-2)14-12/h6-9,12H2,1-5H3. The Labute approximate surface area is 87.9 Å². The molecule has 3 heteroatoms. The van der Waals surface area contributed by atoms with Crippen molar-refractivity contribution in [2.24, 2.45) is 5.90 Å². The van der Waals surface area contributed by atoms with Gasteiger partial charge in [-0.05, 0) is 33.6 Å². The van der Waals surface area contributed by atoms with Gasteiger partial charge in [-0.2, -0.15) is 0 Å². The second-order valence-electron chi connectivity index (χ2n) is 4.63. The van der Waals surface area contributed by atoms with Gasteiger partial charge in [-0.1, -0.05) is 13.8 Å². The molecule has 86 valence electrons. The number of rotatable bonds is 7. The van der Waals surface area contributed by atoms with E-state index in [1.54, 1.807) is 0 Å². The zero-order chi connectivity index (χ0) is 11.2. The molecule has 0 bridgehead atoms. The van der Waals surface area contributed by atoms with Crippen molar-refractivity contribution in [3.05, 3.63) is 0 Å². The minimum Gasteiger partial charge on any atom is -0.375 e. The molecule has 0 saturated heterocycles. The third-order valence-corrected chi connectivity index (χ3v) is 3.01. The van der Waals surface area contributed by atoms with Crippen LogP contribution in [-0.4, -0.2) is 17.8 Å². The maximum absolute atomic E-state index is 5.74. The van der Waals surface area contributed by atoms with Crippen LogP contribution in [0.3, 0.4) is 0 Å². The third-order valence-electron chi connectivity index (χ3n) is 3.01. The quantitative estimate of drug-likeness (QED) is 0.647. The summed E-state index contributed by atoms with van der Waals surface area (Å²) in [7, 11) is 0. The summed E-state index contributed by atoms with van der Waals surface area (Å²) in [6.45, 7) is 11.1. The largest absolute Gasteiger partial charge is 0.375 e. The second kappa shape index (κ2) is 5.69. The van der Waals surface area contributed by atoms with E-state index >= 15 is 0 Å². The van der Waals surface area contributed by atoms with Gasteiger partial charge in [0, 0.05) is 6.42 Å². The summed E-state index contributed by atoms with van der Waals surface area (Å²) < 4.78 is 5.74. The zero-order valence-corrected chi connectivity index (χ0v) is 10.2. The van der Waals surface area contributed by atoms with E-state index in [1.165, 1.54) is 0 Å². The molecule has 3 nitrogen and oxygen atoms in total. The second-order valence-corrected chi connectivity index (χ2v) is 4.63. The van der Waals surface area contributed by atoms with Crippen LogP contribution in [0.15, 0.2) is 0 Å². The smallest absolute Gasteiger partial charge is 0.0885 e. The Balaban J connectivity index is 3.83. The van der Waals surface area contributed by atoms with Crippen molar-refractivity contribution in [1.82, 2.24) is 0 Å². The summed E-state index contributed by atoms with van der Waals surface area (Å²) in [4.78, 5) is 4.96. The summed E-state index contributed by atoms with van der Waals surface area (Å²) in [5.41, 5.74) is -0.285. The van der Waals surface area contributed by atoms with Crippen LogP contribution >= 0.6 is 0 Å². The molecular formula is C11H25NO2. The van der Waals surface area contributed by atoms with Crippen molar-refractivity contribution >= 4 is 0 Å². The van der Waals surface area contributed by atoms with Crippen LogP contribution in [0.25, 0.3) is 0 Å². The predicted octanol–water partition coefficient (Wildman–Crippen LogP) is 2.64. The van der Waals surface area contributed by atoms with Crippen molar-refractivity contribution in [1.29, 1.82) is 0 Å². The molecule has 14 heavy (non-hydrogen) atoms. The molecule has 2 N–H and O–H groups in total. The van der Waals surface area contributed by atoms with Crippen LogP contribution in [0.2, 0.25) is 0 Å². The molecule has 0 aromatic heterocycles. The highest BCUT2D eigenvalue weighted by atomic mass is 16.6. The Morgan fingerprint density at radius 2 is 1.64 bits per heavy atom. The van der Waals surface area contributed by atoms with Crippen LogP contribution in [-0.2, 0) is 9.57 Å². The molecule has 0 saturated carbocycles. The topological polar surface area (TPSA) is 44.5 Å². The van der Waals surface area contributed by atoms with Gasteiger partial charge in [-0.25, -0.2) is 5.90 Å². The molecule has 0 aromatic rings. The number of hydrogen-bond donors (Lipinski definition) is 1. The first-order valence-electron chi connectivity index (χ1n) is 5.41. The van der Waals surface area contributed by atoms with Crippen molar-refractivity contribution in [3.63, 3.8) is 0 Å². The van der Waals surface area contributed by atoms with E-state index in [0.29, 0.717) is 6.61 Å². The van der Waals surface area contributed by atoms with Crippen LogP contribution in [0, 0.1) is 0 Å². The fourth-order valence-corrected chi connectivity index (χ4v) is 0.964. The van der Waals surface area contributed by atoms with E-state index in [4.69, 9.17) is 15.5 Å². The first-order chi connectivity index (χ1) is 6.39. The zero-order valence-electron chi connectivity index (χ0n) is 10.2. The summed E-state index contributed by atoms with van der Waals surface area (Å²) in [5.74, 6) is 5.24. The summed E-state index contributed by atoms with van der Waals surface area (Å²) >= 11 is 0. The molecule has 0 aliphatic carbocycles. The fourth-order valence-electron chi connectivity index (χ4n) is 0.964. The monoisotopic (exact) mass is 203 g/mol. The lowest BCUT2D eigenvalue weighted by molar-refractivity contribution is -0.0841. The van der Waals surface area contributed by atoms with E-state index < -0.39 is 0 Å². The molecule has 0 aliphatic rings. The van der Waals surface area contributed by atoms with Crippen LogP contribution in [0.4, 0.5) is 0 Å². The molecule has 0 spiro atoms. The third kappa shape index (κ3) is 4.94. The highest BCUT2D eigenvalue weighted by Gasteiger charge is 2.23. The number of hydrogen-bond acceptors (Lipinski definition) is 3. The molecule has 1 atom stereocenters. The predicted molar refractivity (Wildman–Crippen MR) is 58.9 cm³/mol. The van der Waals surface area contributed by atoms with Gasteiger partial charge < -0.3 is 4.74 Å². The normalized spacial score (nSPS) is 16.7. The Hall–Kier alpha value is -0.120. The molecule has 1 unspecified atom stereocenters. The van der Waals surface area contributed by atoms with Gasteiger partial charge in [-0.15, -0.1) is 0 Å². The highest BCUT2D eigenvalue weighted by molar-refractivity contribution is 4.73. The number of nitrogens with two attached hydrogens (primary N) is 1. The van der Waals surface area contributed by atoms with E-state index in [0.717, 1.165) is 19.3 Å².